The van der Waals surface area contributed by atoms with Crippen LogP contribution in [0.15, 0.2) is 54.6 Å². The second kappa shape index (κ2) is 7.93. The molecule has 9 nitrogen and oxygen atoms in total. The lowest BCUT2D eigenvalue weighted by molar-refractivity contribution is 0.0689. The molecule has 0 unspecified atom stereocenters. The Morgan fingerprint density at radius 3 is 2.55 bits per heavy atom. The summed E-state index contributed by atoms with van der Waals surface area (Å²) in [6, 6.07) is 17.2. The summed E-state index contributed by atoms with van der Waals surface area (Å²) < 4.78 is 7.06. The Kier molecular flexibility index (Phi) is 5.02. The van der Waals surface area contributed by atoms with E-state index in [1.807, 2.05) is 55.5 Å². The maximum Gasteiger partial charge on any atom is 0.356 e. The standard InChI is InChI=1S/C20H18N6O3/c1-2-29-18-11-17(20(27)28)23-26(18)12-13-7-9-14(10-8-13)15-5-3-4-6-16(15)19-21-24-25-22-19/h3-11H,2,12H2,1H3,(H,27,28)(H,21,22,24,25). The fourth-order valence-electron chi connectivity index (χ4n) is 3.06. The van der Waals surface area contributed by atoms with Gasteiger partial charge < -0.3 is 9.84 Å². The number of tetrazole rings is 1. The van der Waals surface area contributed by atoms with E-state index in [1.165, 1.54) is 6.07 Å². The molecule has 0 aliphatic carbocycles. The minimum absolute atomic E-state index is 0.0420. The van der Waals surface area contributed by atoms with Crippen LogP contribution in [0.1, 0.15) is 23.0 Å². The fraction of sp³-hybridized carbons (Fsp3) is 0.150. The van der Waals surface area contributed by atoms with Crippen LogP contribution in [0.3, 0.4) is 0 Å². The fourth-order valence-corrected chi connectivity index (χ4v) is 3.06. The van der Waals surface area contributed by atoms with E-state index < -0.39 is 5.97 Å². The summed E-state index contributed by atoms with van der Waals surface area (Å²) in [4.78, 5) is 11.2. The number of rotatable bonds is 7. The topological polar surface area (TPSA) is 119 Å². The van der Waals surface area contributed by atoms with Crippen LogP contribution in [0.5, 0.6) is 5.88 Å². The molecule has 0 saturated heterocycles. The minimum Gasteiger partial charge on any atom is -0.478 e. The Morgan fingerprint density at radius 1 is 1.14 bits per heavy atom. The van der Waals surface area contributed by atoms with Crippen molar-refractivity contribution < 1.29 is 14.6 Å². The van der Waals surface area contributed by atoms with Crippen LogP contribution in [-0.4, -0.2) is 48.1 Å². The average Bonchev–Trinajstić information content (AvgIpc) is 3.40. The summed E-state index contributed by atoms with van der Waals surface area (Å²) in [6.45, 7) is 2.67. The number of ether oxygens (including phenoxy) is 1. The number of nitrogens with zero attached hydrogens (tertiary/aromatic N) is 5. The second-order valence-electron chi connectivity index (χ2n) is 6.26. The van der Waals surface area contributed by atoms with Gasteiger partial charge in [-0.25, -0.2) is 14.6 Å². The highest BCUT2D eigenvalue weighted by atomic mass is 16.5. The van der Waals surface area contributed by atoms with E-state index in [9.17, 15) is 9.90 Å². The molecule has 0 bridgehead atoms. The third-order valence-corrected chi connectivity index (χ3v) is 4.38. The largest absolute Gasteiger partial charge is 0.478 e. The van der Waals surface area contributed by atoms with Crippen molar-refractivity contribution in [2.45, 2.75) is 13.5 Å². The number of H-pyrrole nitrogens is 1. The molecule has 0 radical (unpaired) electrons. The Labute approximate surface area is 166 Å². The molecule has 0 saturated carbocycles. The van der Waals surface area contributed by atoms with E-state index >= 15 is 0 Å². The van der Waals surface area contributed by atoms with Crippen LogP contribution < -0.4 is 4.74 Å². The number of carboxylic acids is 1. The number of carbonyl (C=O) groups is 1. The number of aromatic amines is 1. The molecule has 9 heteroatoms. The Bertz CT molecular complexity index is 1120. The van der Waals surface area contributed by atoms with Gasteiger partial charge in [0.2, 0.25) is 5.88 Å². The van der Waals surface area contributed by atoms with Crippen molar-refractivity contribution in [2.24, 2.45) is 0 Å². The molecule has 0 aliphatic rings. The number of carboxylic acid groups (broad SMARTS) is 1. The number of hydrogen-bond acceptors (Lipinski definition) is 6. The molecular formula is C20H18N6O3. The van der Waals surface area contributed by atoms with Crippen molar-refractivity contribution in [3.05, 3.63) is 65.9 Å². The first-order valence-electron chi connectivity index (χ1n) is 9.02. The van der Waals surface area contributed by atoms with E-state index in [1.54, 1.807) is 4.68 Å². The maximum absolute atomic E-state index is 11.2. The van der Waals surface area contributed by atoms with Gasteiger partial charge >= 0.3 is 5.97 Å². The highest BCUT2D eigenvalue weighted by Crippen LogP contribution is 2.30. The van der Waals surface area contributed by atoms with Gasteiger partial charge in [-0.15, -0.1) is 5.10 Å². The summed E-state index contributed by atoms with van der Waals surface area (Å²) in [5.41, 5.74) is 3.84. The summed E-state index contributed by atoms with van der Waals surface area (Å²) >= 11 is 0. The number of nitrogens with one attached hydrogen (secondary N) is 1. The molecule has 2 aromatic heterocycles. The Hall–Kier alpha value is -4.01. The molecule has 2 aromatic carbocycles. The average molecular weight is 390 g/mol. The smallest absolute Gasteiger partial charge is 0.356 e. The van der Waals surface area contributed by atoms with Gasteiger partial charge in [0.1, 0.15) is 0 Å². The molecule has 0 spiro atoms. The molecule has 29 heavy (non-hydrogen) atoms. The number of hydrogen-bond donors (Lipinski definition) is 2. The number of aromatic carboxylic acids is 1. The zero-order valence-electron chi connectivity index (χ0n) is 15.6. The van der Waals surface area contributed by atoms with Crippen molar-refractivity contribution >= 4 is 5.97 Å². The van der Waals surface area contributed by atoms with Gasteiger partial charge in [-0.1, -0.05) is 48.5 Å². The first kappa shape index (κ1) is 18.4. The van der Waals surface area contributed by atoms with Crippen molar-refractivity contribution in [3.8, 4) is 28.4 Å². The highest BCUT2D eigenvalue weighted by molar-refractivity contribution is 5.85. The predicted octanol–water partition coefficient (Wildman–Crippen LogP) is 2.88. The van der Waals surface area contributed by atoms with E-state index in [0.717, 1.165) is 22.3 Å². The van der Waals surface area contributed by atoms with Gasteiger partial charge in [-0.2, -0.15) is 5.10 Å². The van der Waals surface area contributed by atoms with Crippen LogP contribution in [0, 0.1) is 0 Å². The van der Waals surface area contributed by atoms with Crippen LogP contribution in [0.25, 0.3) is 22.5 Å². The molecule has 0 atom stereocenters. The molecular weight excluding hydrogens is 372 g/mol. The maximum atomic E-state index is 11.2. The summed E-state index contributed by atoms with van der Waals surface area (Å²) in [7, 11) is 0. The third-order valence-electron chi connectivity index (χ3n) is 4.38. The Morgan fingerprint density at radius 2 is 1.90 bits per heavy atom. The second-order valence-corrected chi connectivity index (χ2v) is 6.26. The van der Waals surface area contributed by atoms with Gasteiger partial charge in [-0.3, -0.25) is 0 Å². The first-order valence-corrected chi connectivity index (χ1v) is 9.02. The Balaban J connectivity index is 1.61. The molecule has 146 valence electrons. The summed E-state index contributed by atoms with van der Waals surface area (Å²) in [6.07, 6.45) is 0. The van der Waals surface area contributed by atoms with Gasteiger partial charge in [0, 0.05) is 11.6 Å². The first-order chi connectivity index (χ1) is 14.2. The summed E-state index contributed by atoms with van der Waals surface area (Å²) in [5.74, 6) is -0.0560. The molecule has 4 rings (SSSR count). The molecule has 0 amide bonds. The third kappa shape index (κ3) is 3.84. The monoisotopic (exact) mass is 390 g/mol. The molecule has 0 aliphatic heterocycles. The molecule has 0 fully saturated rings. The minimum atomic E-state index is -1.08. The SMILES string of the molecule is CCOc1cc(C(=O)O)nn1Cc1ccc(-c2ccccc2-c2nnn[nH]2)cc1. The van der Waals surface area contributed by atoms with Crippen LogP contribution in [0.4, 0.5) is 0 Å². The summed E-state index contributed by atoms with van der Waals surface area (Å²) in [5, 5.41) is 27.4. The zero-order valence-corrected chi connectivity index (χ0v) is 15.6. The van der Waals surface area contributed by atoms with Crippen molar-refractivity contribution in [1.82, 2.24) is 30.4 Å². The van der Waals surface area contributed by atoms with Crippen molar-refractivity contribution in [3.63, 3.8) is 0 Å². The normalized spacial score (nSPS) is 10.8. The van der Waals surface area contributed by atoms with Crippen molar-refractivity contribution in [2.75, 3.05) is 6.61 Å². The van der Waals surface area contributed by atoms with E-state index in [4.69, 9.17) is 4.74 Å². The van der Waals surface area contributed by atoms with E-state index in [0.29, 0.717) is 24.9 Å². The van der Waals surface area contributed by atoms with Crippen LogP contribution in [0.2, 0.25) is 0 Å². The molecule has 4 aromatic rings. The number of aromatic nitrogens is 6. The van der Waals surface area contributed by atoms with Gasteiger partial charge in [-0.05, 0) is 34.0 Å². The van der Waals surface area contributed by atoms with E-state index in [-0.39, 0.29) is 5.69 Å². The zero-order chi connectivity index (χ0) is 20.2. The lowest BCUT2D eigenvalue weighted by atomic mass is 9.98. The van der Waals surface area contributed by atoms with Gasteiger partial charge in [0.05, 0.1) is 13.2 Å². The van der Waals surface area contributed by atoms with E-state index in [2.05, 4.69) is 25.7 Å². The lowest BCUT2D eigenvalue weighted by Gasteiger charge is -2.10. The number of benzene rings is 2. The lowest BCUT2D eigenvalue weighted by Crippen LogP contribution is -2.07. The molecule has 2 heterocycles. The van der Waals surface area contributed by atoms with Crippen LogP contribution in [-0.2, 0) is 6.54 Å². The quantitative estimate of drug-likeness (QED) is 0.498. The van der Waals surface area contributed by atoms with Crippen molar-refractivity contribution in [1.29, 1.82) is 0 Å². The van der Waals surface area contributed by atoms with Crippen LogP contribution >= 0.6 is 0 Å². The molecule has 2 N–H and O–H groups in total. The van der Waals surface area contributed by atoms with Gasteiger partial charge in [0.15, 0.2) is 11.5 Å². The predicted molar refractivity (Wildman–Crippen MR) is 105 cm³/mol. The van der Waals surface area contributed by atoms with Gasteiger partial charge in [0.25, 0.3) is 0 Å². The highest BCUT2D eigenvalue weighted by Gasteiger charge is 2.15.